The Kier molecular flexibility index (Phi) is 7.82. The summed E-state index contributed by atoms with van der Waals surface area (Å²) in [6.45, 7) is 0.467. The van der Waals surface area contributed by atoms with Gasteiger partial charge in [-0.15, -0.1) is 0 Å². The molecule has 2 aromatic rings. The van der Waals surface area contributed by atoms with Crippen molar-refractivity contribution in [3.8, 4) is 5.75 Å². The van der Waals surface area contributed by atoms with Crippen molar-refractivity contribution in [2.24, 2.45) is 0 Å². The number of unbranched alkanes of at least 4 members (excludes halogenated alkanes) is 2. The van der Waals surface area contributed by atoms with Crippen LogP contribution in [0, 0.1) is 5.82 Å². The molecule has 0 aliphatic carbocycles. The van der Waals surface area contributed by atoms with Crippen molar-refractivity contribution in [2.75, 3.05) is 20.7 Å². The minimum Gasteiger partial charge on any atom is -0.495 e. The second-order valence-electron chi connectivity index (χ2n) is 7.65. The largest absolute Gasteiger partial charge is 0.495 e. The van der Waals surface area contributed by atoms with Crippen LogP contribution in [0.3, 0.4) is 0 Å². The number of nitrogens with zero attached hydrogens (tertiary/aromatic N) is 1. The average molecular weight is 436 g/mol. The Hall–Kier alpha value is -2.00. The molecule has 0 amide bonds. The SMILES string of the molecule is COc1ccccc1S(=O)(=O)N(C)CCCCCC1CC(c2ccc(F)cc2)NN1. The molecular formula is C22H30FN3O3S. The summed E-state index contributed by atoms with van der Waals surface area (Å²) in [5, 5.41) is 0. The van der Waals surface area contributed by atoms with Gasteiger partial charge in [-0.3, -0.25) is 10.9 Å². The highest BCUT2D eigenvalue weighted by Crippen LogP contribution is 2.27. The van der Waals surface area contributed by atoms with Crippen molar-refractivity contribution in [3.63, 3.8) is 0 Å². The summed E-state index contributed by atoms with van der Waals surface area (Å²) in [5.74, 6) is 0.138. The number of sulfonamides is 1. The first-order chi connectivity index (χ1) is 14.4. The molecule has 164 valence electrons. The third-order valence-electron chi connectivity index (χ3n) is 5.54. The number of halogens is 1. The van der Waals surface area contributed by atoms with Crippen molar-refractivity contribution in [2.45, 2.75) is 49.1 Å². The Morgan fingerprint density at radius 3 is 2.53 bits per heavy atom. The summed E-state index contributed by atoms with van der Waals surface area (Å²) in [5.41, 5.74) is 7.67. The number of ether oxygens (including phenoxy) is 1. The second kappa shape index (κ2) is 10.3. The average Bonchev–Trinajstić information content (AvgIpc) is 3.22. The molecule has 30 heavy (non-hydrogen) atoms. The maximum atomic E-state index is 13.1. The number of rotatable bonds is 10. The zero-order chi connectivity index (χ0) is 21.6. The van der Waals surface area contributed by atoms with Crippen molar-refractivity contribution >= 4 is 10.0 Å². The smallest absolute Gasteiger partial charge is 0.246 e. The van der Waals surface area contributed by atoms with Gasteiger partial charge < -0.3 is 4.74 Å². The number of hydrogen-bond acceptors (Lipinski definition) is 5. The van der Waals surface area contributed by atoms with E-state index in [-0.39, 0.29) is 16.8 Å². The highest BCUT2D eigenvalue weighted by molar-refractivity contribution is 7.89. The summed E-state index contributed by atoms with van der Waals surface area (Å²) in [7, 11) is -0.485. The van der Waals surface area contributed by atoms with Crippen molar-refractivity contribution < 1.29 is 17.5 Å². The number of methoxy groups -OCH3 is 1. The van der Waals surface area contributed by atoms with Crippen LogP contribution in [0.4, 0.5) is 4.39 Å². The molecule has 0 bridgehead atoms. The first-order valence-corrected chi connectivity index (χ1v) is 11.7. The zero-order valence-corrected chi connectivity index (χ0v) is 18.3. The zero-order valence-electron chi connectivity index (χ0n) is 17.5. The van der Waals surface area contributed by atoms with Crippen LogP contribution in [-0.2, 0) is 10.0 Å². The Morgan fingerprint density at radius 2 is 1.80 bits per heavy atom. The molecule has 1 saturated heterocycles. The lowest BCUT2D eigenvalue weighted by atomic mass is 9.99. The molecule has 1 aliphatic heterocycles. The molecule has 0 aromatic heterocycles. The van der Waals surface area contributed by atoms with E-state index in [1.165, 1.54) is 23.5 Å². The number of hydrogen-bond donors (Lipinski definition) is 2. The first-order valence-electron chi connectivity index (χ1n) is 10.3. The molecule has 2 atom stereocenters. The van der Waals surface area contributed by atoms with Crippen LogP contribution in [0.1, 0.15) is 43.7 Å². The van der Waals surface area contributed by atoms with Gasteiger partial charge in [-0.05, 0) is 49.1 Å². The lowest BCUT2D eigenvalue weighted by Gasteiger charge is -2.19. The molecular weight excluding hydrogens is 405 g/mol. The summed E-state index contributed by atoms with van der Waals surface area (Å²) in [6.07, 6.45) is 4.72. The molecule has 8 heteroatoms. The van der Waals surface area contributed by atoms with E-state index < -0.39 is 10.0 Å². The highest BCUT2D eigenvalue weighted by atomic mass is 32.2. The minimum atomic E-state index is -3.57. The maximum Gasteiger partial charge on any atom is 0.246 e. The minimum absolute atomic E-state index is 0.188. The molecule has 3 rings (SSSR count). The van der Waals surface area contributed by atoms with Crippen molar-refractivity contribution in [3.05, 3.63) is 59.9 Å². The van der Waals surface area contributed by atoms with Crippen molar-refractivity contribution in [1.82, 2.24) is 15.2 Å². The van der Waals surface area contributed by atoms with Crippen LogP contribution in [0.5, 0.6) is 5.75 Å². The van der Waals surface area contributed by atoms with Crippen LogP contribution >= 0.6 is 0 Å². The molecule has 2 unspecified atom stereocenters. The second-order valence-corrected chi connectivity index (χ2v) is 9.67. The summed E-state index contributed by atoms with van der Waals surface area (Å²) < 4.78 is 45.2. The van der Waals surface area contributed by atoms with Gasteiger partial charge in [0.25, 0.3) is 0 Å². The molecule has 1 aliphatic rings. The highest BCUT2D eigenvalue weighted by Gasteiger charge is 2.25. The van der Waals surface area contributed by atoms with E-state index in [2.05, 4.69) is 10.9 Å². The quantitative estimate of drug-likeness (QED) is 0.558. The standard InChI is InChI=1S/C22H30FN3O3S/c1-26(30(27,28)22-10-6-5-9-21(22)29-2)15-7-3-4-8-19-16-20(25-24-19)17-11-13-18(23)14-12-17/h5-6,9-14,19-20,24-25H,3-4,7-8,15-16H2,1-2H3. The van der Waals surface area contributed by atoms with Crippen molar-refractivity contribution in [1.29, 1.82) is 0 Å². The summed E-state index contributed by atoms with van der Waals surface area (Å²) in [4.78, 5) is 0.197. The molecule has 0 spiro atoms. The maximum absolute atomic E-state index is 13.1. The van der Waals surface area contributed by atoms with E-state index in [9.17, 15) is 12.8 Å². The third-order valence-corrected chi connectivity index (χ3v) is 7.43. The fourth-order valence-electron chi connectivity index (χ4n) is 3.75. The lowest BCUT2D eigenvalue weighted by Crippen LogP contribution is -2.31. The Morgan fingerprint density at radius 1 is 1.07 bits per heavy atom. The van der Waals surface area contributed by atoms with Crippen LogP contribution in [0.15, 0.2) is 53.4 Å². The number of para-hydroxylation sites is 1. The van der Waals surface area contributed by atoms with E-state index in [0.717, 1.165) is 37.7 Å². The van der Waals surface area contributed by atoms with Gasteiger partial charge in [0.2, 0.25) is 10.0 Å². The van der Waals surface area contributed by atoms with Gasteiger partial charge >= 0.3 is 0 Å². The molecule has 1 fully saturated rings. The van der Waals surface area contributed by atoms with Gasteiger partial charge in [-0.25, -0.2) is 17.1 Å². The molecule has 0 radical (unpaired) electrons. The van der Waals surface area contributed by atoms with Gasteiger partial charge in [-0.1, -0.05) is 37.1 Å². The molecule has 2 N–H and O–H groups in total. The van der Waals surface area contributed by atoms with Gasteiger partial charge in [0.1, 0.15) is 16.5 Å². The van der Waals surface area contributed by atoms with Gasteiger partial charge in [0, 0.05) is 25.7 Å². The Bertz CT molecular complexity index is 921. The monoisotopic (exact) mass is 435 g/mol. The Labute approximate surface area is 178 Å². The van der Waals surface area contributed by atoms with E-state index in [4.69, 9.17) is 4.74 Å². The number of nitrogens with one attached hydrogen (secondary N) is 2. The van der Waals surface area contributed by atoms with Crippen LogP contribution in [0.2, 0.25) is 0 Å². The Balaban J connectivity index is 1.39. The van der Waals surface area contributed by atoms with E-state index >= 15 is 0 Å². The summed E-state index contributed by atoms with van der Waals surface area (Å²) >= 11 is 0. The van der Waals surface area contributed by atoms with E-state index in [1.807, 2.05) is 12.1 Å². The molecule has 2 aromatic carbocycles. The van der Waals surface area contributed by atoms with E-state index in [0.29, 0.717) is 18.3 Å². The number of hydrazine groups is 1. The lowest BCUT2D eigenvalue weighted by molar-refractivity contribution is 0.396. The van der Waals surface area contributed by atoms with Crippen LogP contribution < -0.4 is 15.6 Å². The first kappa shape index (κ1) is 22.7. The van der Waals surface area contributed by atoms with Crippen LogP contribution in [0.25, 0.3) is 0 Å². The summed E-state index contributed by atoms with van der Waals surface area (Å²) in [6, 6.07) is 13.8. The topological polar surface area (TPSA) is 70.7 Å². The predicted octanol–water partition coefficient (Wildman–Crippen LogP) is 3.62. The molecule has 0 saturated carbocycles. The fraction of sp³-hybridized carbons (Fsp3) is 0.455. The van der Waals surface area contributed by atoms with Gasteiger partial charge in [-0.2, -0.15) is 0 Å². The van der Waals surface area contributed by atoms with Gasteiger partial charge in [0.05, 0.1) is 7.11 Å². The molecule has 6 nitrogen and oxygen atoms in total. The molecule has 1 heterocycles. The fourth-order valence-corrected chi connectivity index (χ4v) is 5.11. The normalized spacial score (nSPS) is 19.3. The third kappa shape index (κ3) is 5.57. The van der Waals surface area contributed by atoms with Crippen LogP contribution in [-0.4, -0.2) is 39.5 Å². The van der Waals surface area contributed by atoms with E-state index in [1.54, 1.807) is 31.3 Å². The van der Waals surface area contributed by atoms with Gasteiger partial charge in [0.15, 0.2) is 0 Å². The predicted molar refractivity (Wildman–Crippen MR) is 115 cm³/mol. The number of benzene rings is 2.